The Labute approximate surface area is 117 Å². The third-order valence-corrected chi connectivity index (χ3v) is 3.65. The van der Waals surface area contributed by atoms with E-state index in [9.17, 15) is 9.59 Å². The van der Waals surface area contributed by atoms with Gasteiger partial charge in [-0.3, -0.25) is 14.3 Å². The van der Waals surface area contributed by atoms with E-state index in [1.54, 1.807) is 0 Å². The third kappa shape index (κ3) is 2.35. The van der Waals surface area contributed by atoms with Crippen LogP contribution in [0.1, 0.15) is 5.56 Å². The first-order chi connectivity index (χ1) is 9.13. The Morgan fingerprint density at radius 3 is 2.95 bits per heavy atom. The molecule has 6 heteroatoms. The van der Waals surface area contributed by atoms with E-state index in [4.69, 9.17) is 4.74 Å². The average molecular weight is 323 g/mol. The number of aromatic nitrogens is 2. The molecule has 5 nitrogen and oxygen atoms in total. The molecule has 1 aromatic carbocycles. The highest BCUT2D eigenvalue weighted by Gasteiger charge is 2.23. The van der Waals surface area contributed by atoms with Crippen LogP contribution in [0, 0.1) is 0 Å². The van der Waals surface area contributed by atoms with Crippen LogP contribution in [-0.2, 0) is 13.0 Å². The molecule has 1 N–H and O–H groups in total. The number of hydrogen-bond donors (Lipinski definition) is 1. The molecule has 0 amide bonds. The summed E-state index contributed by atoms with van der Waals surface area (Å²) in [6.07, 6.45) is 2.17. The number of ether oxygens (including phenoxy) is 1. The second kappa shape index (κ2) is 4.70. The molecule has 1 unspecified atom stereocenters. The minimum Gasteiger partial charge on any atom is -0.488 e. The second-order valence-electron chi connectivity index (χ2n) is 4.44. The summed E-state index contributed by atoms with van der Waals surface area (Å²) in [6, 6.07) is 7.82. The van der Waals surface area contributed by atoms with Crippen molar-refractivity contribution in [1.29, 1.82) is 0 Å². The average Bonchev–Trinajstić information content (AvgIpc) is 2.78. The minimum absolute atomic E-state index is 0.0899. The fraction of sp³-hybridized carbons (Fsp3) is 0.231. The lowest BCUT2D eigenvalue weighted by Crippen LogP contribution is -2.34. The van der Waals surface area contributed by atoms with Crippen molar-refractivity contribution in [1.82, 2.24) is 9.55 Å². The van der Waals surface area contributed by atoms with Crippen molar-refractivity contribution < 1.29 is 4.74 Å². The van der Waals surface area contributed by atoms with Crippen LogP contribution in [-0.4, -0.2) is 15.7 Å². The highest BCUT2D eigenvalue weighted by molar-refractivity contribution is 9.10. The summed E-state index contributed by atoms with van der Waals surface area (Å²) in [5.74, 6) is 0.865. The molecule has 0 saturated heterocycles. The monoisotopic (exact) mass is 322 g/mol. The molecule has 1 atom stereocenters. The van der Waals surface area contributed by atoms with Crippen molar-refractivity contribution in [3.8, 4) is 5.75 Å². The van der Waals surface area contributed by atoms with Gasteiger partial charge in [0.2, 0.25) is 0 Å². The Morgan fingerprint density at radius 1 is 1.37 bits per heavy atom. The first-order valence-corrected chi connectivity index (χ1v) is 6.66. The largest absolute Gasteiger partial charge is 0.488 e. The van der Waals surface area contributed by atoms with E-state index in [-0.39, 0.29) is 6.10 Å². The molecule has 1 aromatic heterocycles. The van der Waals surface area contributed by atoms with Crippen molar-refractivity contribution >= 4 is 15.9 Å². The lowest BCUT2D eigenvalue weighted by Gasteiger charge is -2.12. The van der Waals surface area contributed by atoms with E-state index in [2.05, 4.69) is 20.9 Å². The molecule has 0 spiro atoms. The van der Waals surface area contributed by atoms with Gasteiger partial charge in [-0.05, 0) is 27.6 Å². The van der Waals surface area contributed by atoms with E-state index in [0.29, 0.717) is 11.0 Å². The highest BCUT2D eigenvalue weighted by atomic mass is 79.9. The fourth-order valence-corrected chi connectivity index (χ4v) is 2.54. The van der Waals surface area contributed by atoms with E-state index in [1.165, 1.54) is 10.8 Å². The predicted molar refractivity (Wildman–Crippen MR) is 73.6 cm³/mol. The summed E-state index contributed by atoms with van der Waals surface area (Å²) in [5.41, 5.74) is 0.300. The van der Waals surface area contributed by atoms with Crippen LogP contribution in [0.4, 0.5) is 0 Å². The summed E-state index contributed by atoms with van der Waals surface area (Å²) in [7, 11) is 0. The lowest BCUT2D eigenvalue weighted by molar-refractivity contribution is 0.206. The van der Waals surface area contributed by atoms with Gasteiger partial charge < -0.3 is 4.74 Å². The topological polar surface area (TPSA) is 64.1 Å². The Morgan fingerprint density at radius 2 is 2.16 bits per heavy atom. The Hall–Kier alpha value is -1.82. The first kappa shape index (κ1) is 12.2. The van der Waals surface area contributed by atoms with Gasteiger partial charge in [0.05, 0.1) is 11.0 Å². The molecule has 0 aliphatic carbocycles. The number of aromatic amines is 1. The van der Waals surface area contributed by atoms with Gasteiger partial charge in [0.25, 0.3) is 5.56 Å². The van der Waals surface area contributed by atoms with Gasteiger partial charge in [0, 0.05) is 12.6 Å². The number of para-hydroxylation sites is 1. The summed E-state index contributed by atoms with van der Waals surface area (Å²) in [4.78, 5) is 25.2. The van der Waals surface area contributed by atoms with Crippen LogP contribution in [0.5, 0.6) is 5.75 Å². The molecule has 0 radical (unpaired) electrons. The van der Waals surface area contributed by atoms with Crippen molar-refractivity contribution in [3.63, 3.8) is 0 Å². The lowest BCUT2D eigenvalue weighted by atomic mass is 10.1. The first-order valence-electron chi connectivity index (χ1n) is 5.87. The van der Waals surface area contributed by atoms with Gasteiger partial charge in [-0.2, -0.15) is 0 Å². The molecular formula is C13H11BrN2O3. The predicted octanol–water partition coefficient (Wildman–Crippen LogP) is 1.30. The van der Waals surface area contributed by atoms with Crippen LogP contribution in [0.25, 0.3) is 0 Å². The number of benzene rings is 1. The molecule has 2 heterocycles. The molecular weight excluding hydrogens is 312 g/mol. The van der Waals surface area contributed by atoms with Gasteiger partial charge in [0.15, 0.2) is 0 Å². The van der Waals surface area contributed by atoms with E-state index < -0.39 is 11.2 Å². The quantitative estimate of drug-likeness (QED) is 0.906. The summed E-state index contributed by atoms with van der Waals surface area (Å²) >= 11 is 3.11. The normalized spacial score (nSPS) is 17.0. The van der Waals surface area contributed by atoms with Crippen molar-refractivity contribution in [2.24, 2.45) is 0 Å². The number of hydrogen-bond acceptors (Lipinski definition) is 3. The summed E-state index contributed by atoms with van der Waals surface area (Å²) < 4.78 is 7.55. The summed E-state index contributed by atoms with van der Waals surface area (Å²) in [5, 5.41) is 0. The molecule has 3 rings (SSSR count). The molecule has 0 saturated carbocycles. The van der Waals surface area contributed by atoms with Crippen molar-refractivity contribution in [2.45, 2.75) is 19.1 Å². The van der Waals surface area contributed by atoms with Crippen LogP contribution >= 0.6 is 15.9 Å². The number of rotatable bonds is 2. The summed E-state index contributed by atoms with van der Waals surface area (Å²) in [6.45, 7) is 0.406. The molecule has 1 aliphatic heterocycles. The smallest absolute Gasteiger partial charge is 0.328 e. The number of nitrogens with one attached hydrogen (secondary N) is 1. The van der Waals surface area contributed by atoms with Gasteiger partial charge in [0.1, 0.15) is 11.9 Å². The Bertz CT molecular complexity index is 710. The Kier molecular flexibility index (Phi) is 3.02. The van der Waals surface area contributed by atoms with E-state index in [0.717, 1.165) is 17.7 Å². The molecule has 2 aromatic rings. The molecule has 19 heavy (non-hydrogen) atoms. The standard InChI is InChI=1S/C13H11BrN2O3/c14-10-7-16(13(18)15-12(10)17)6-9-5-8-3-1-2-4-11(8)19-9/h1-4,7,9H,5-6H2,(H,15,17,18). The number of nitrogens with zero attached hydrogens (tertiary/aromatic N) is 1. The number of fused-ring (bicyclic) bond motifs is 1. The zero-order chi connectivity index (χ0) is 13.4. The highest BCUT2D eigenvalue weighted by Crippen LogP contribution is 2.28. The van der Waals surface area contributed by atoms with Gasteiger partial charge in [-0.1, -0.05) is 18.2 Å². The maximum atomic E-state index is 11.7. The third-order valence-electron chi connectivity index (χ3n) is 3.08. The van der Waals surface area contributed by atoms with E-state index in [1.807, 2.05) is 24.3 Å². The van der Waals surface area contributed by atoms with Crippen molar-refractivity contribution in [2.75, 3.05) is 0 Å². The number of halogens is 1. The minimum atomic E-state index is -0.423. The molecule has 0 fully saturated rings. The zero-order valence-corrected chi connectivity index (χ0v) is 11.5. The Balaban J connectivity index is 1.83. The van der Waals surface area contributed by atoms with Crippen LogP contribution in [0.15, 0.2) is 44.5 Å². The zero-order valence-electron chi connectivity index (χ0n) is 9.93. The van der Waals surface area contributed by atoms with Crippen molar-refractivity contribution in [3.05, 3.63) is 61.3 Å². The van der Waals surface area contributed by atoms with Crippen LogP contribution in [0.2, 0.25) is 0 Å². The number of H-pyrrole nitrogens is 1. The second-order valence-corrected chi connectivity index (χ2v) is 5.29. The van der Waals surface area contributed by atoms with Gasteiger partial charge >= 0.3 is 5.69 Å². The molecule has 1 aliphatic rings. The maximum Gasteiger partial charge on any atom is 0.328 e. The maximum absolute atomic E-state index is 11.7. The fourth-order valence-electron chi connectivity index (χ4n) is 2.19. The van der Waals surface area contributed by atoms with E-state index >= 15 is 0 Å². The van der Waals surface area contributed by atoms with Crippen LogP contribution in [0.3, 0.4) is 0 Å². The van der Waals surface area contributed by atoms with Gasteiger partial charge in [-0.15, -0.1) is 0 Å². The van der Waals surface area contributed by atoms with Crippen LogP contribution < -0.4 is 16.0 Å². The molecule has 0 bridgehead atoms. The van der Waals surface area contributed by atoms with Gasteiger partial charge in [-0.25, -0.2) is 4.79 Å². The molecule has 98 valence electrons. The SMILES string of the molecule is O=c1[nH]c(=O)n(CC2Cc3ccccc3O2)cc1Br.